The molecule has 102 valence electrons. The van der Waals surface area contributed by atoms with E-state index in [1.807, 2.05) is 36.7 Å². The molecule has 0 aliphatic heterocycles. The molecule has 0 radical (unpaired) electrons. The predicted octanol–water partition coefficient (Wildman–Crippen LogP) is 2.51. The van der Waals surface area contributed by atoms with Crippen molar-refractivity contribution in [3.05, 3.63) is 65.2 Å². The lowest BCUT2D eigenvalue weighted by molar-refractivity contribution is 0.415. The summed E-state index contributed by atoms with van der Waals surface area (Å²) < 4.78 is 9.09. The summed E-state index contributed by atoms with van der Waals surface area (Å²) in [5.41, 5.74) is 1.18. The van der Waals surface area contributed by atoms with Crippen molar-refractivity contribution in [1.29, 1.82) is 0 Å². The van der Waals surface area contributed by atoms with Gasteiger partial charge >= 0.3 is 0 Å². The van der Waals surface area contributed by atoms with Crippen molar-refractivity contribution in [2.45, 2.75) is 13.1 Å². The number of benzene rings is 1. The van der Waals surface area contributed by atoms with Crippen LogP contribution in [-0.4, -0.2) is 16.2 Å². The fraction of sp³-hybridized carbons (Fsp3) is 0.188. The minimum absolute atomic E-state index is 0.0330. The Hall–Kier alpha value is -2.49. The first kappa shape index (κ1) is 12.5. The smallest absolute Gasteiger partial charge is 0.250 e. The molecule has 0 atom stereocenters. The number of aromatic nitrogens is 2. The summed E-state index contributed by atoms with van der Waals surface area (Å²) in [6.45, 7) is 1.43. The third-order valence-electron chi connectivity index (χ3n) is 3.46. The van der Waals surface area contributed by atoms with Gasteiger partial charge in [-0.25, -0.2) is 0 Å². The highest BCUT2D eigenvalue weighted by atomic mass is 16.5. The summed E-state index contributed by atoms with van der Waals surface area (Å²) in [6, 6.07) is 13.3. The van der Waals surface area contributed by atoms with E-state index in [1.165, 1.54) is 0 Å². The molecule has 0 saturated carbocycles. The van der Waals surface area contributed by atoms with Crippen molar-refractivity contribution in [1.82, 2.24) is 9.13 Å². The highest BCUT2D eigenvalue weighted by Gasteiger charge is 2.03. The Morgan fingerprint density at radius 3 is 2.65 bits per heavy atom. The van der Waals surface area contributed by atoms with Crippen molar-refractivity contribution in [3.8, 4) is 5.75 Å². The van der Waals surface area contributed by atoms with Crippen molar-refractivity contribution < 1.29 is 4.74 Å². The van der Waals surface area contributed by atoms with Gasteiger partial charge in [0.1, 0.15) is 5.75 Å². The molecule has 20 heavy (non-hydrogen) atoms. The summed E-state index contributed by atoms with van der Waals surface area (Å²) in [4.78, 5) is 11.7. The third-order valence-corrected chi connectivity index (χ3v) is 3.46. The zero-order valence-electron chi connectivity index (χ0n) is 11.3. The van der Waals surface area contributed by atoms with Gasteiger partial charge in [-0.1, -0.05) is 6.07 Å². The van der Waals surface area contributed by atoms with Crippen LogP contribution in [0, 0.1) is 0 Å². The number of nitrogens with zero attached hydrogens (tertiary/aromatic N) is 2. The molecule has 0 saturated heterocycles. The molecule has 0 spiro atoms. The molecular formula is C16H16N2O2. The number of ether oxygens (including phenoxy) is 1. The molecule has 0 fully saturated rings. The fourth-order valence-electron chi connectivity index (χ4n) is 2.36. The van der Waals surface area contributed by atoms with Crippen LogP contribution in [0.4, 0.5) is 0 Å². The summed E-state index contributed by atoms with van der Waals surface area (Å²) in [6.07, 6.45) is 3.86. The van der Waals surface area contributed by atoms with Crippen LogP contribution < -0.4 is 10.3 Å². The van der Waals surface area contributed by atoms with E-state index in [0.29, 0.717) is 6.54 Å². The number of rotatable bonds is 4. The molecule has 0 N–H and O–H groups in total. The van der Waals surface area contributed by atoms with Crippen LogP contribution >= 0.6 is 0 Å². The lowest BCUT2D eigenvalue weighted by Crippen LogP contribution is -2.20. The zero-order valence-corrected chi connectivity index (χ0v) is 11.3. The summed E-state index contributed by atoms with van der Waals surface area (Å²) in [7, 11) is 1.67. The second kappa shape index (κ2) is 5.25. The van der Waals surface area contributed by atoms with Crippen molar-refractivity contribution >= 4 is 10.9 Å². The Kier molecular flexibility index (Phi) is 3.29. The maximum Gasteiger partial charge on any atom is 0.250 e. The zero-order chi connectivity index (χ0) is 13.9. The van der Waals surface area contributed by atoms with Crippen LogP contribution in [0.15, 0.2) is 59.7 Å². The Bertz CT molecular complexity index is 786. The van der Waals surface area contributed by atoms with Gasteiger partial charge in [-0.3, -0.25) is 4.79 Å². The molecule has 1 aromatic carbocycles. The maximum atomic E-state index is 11.7. The summed E-state index contributed by atoms with van der Waals surface area (Å²) in [5.74, 6) is 0.856. The van der Waals surface area contributed by atoms with Crippen LogP contribution in [0.3, 0.4) is 0 Å². The van der Waals surface area contributed by atoms with Gasteiger partial charge in [0.15, 0.2) is 0 Å². The molecule has 2 heterocycles. The lowest BCUT2D eigenvalue weighted by atomic mass is 10.2. The van der Waals surface area contributed by atoms with E-state index in [9.17, 15) is 4.79 Å². The van der Waals surface area contributed by atoms with Crippen LogP contribution in [0.1, 0.15) is 0 Å². The number of hydrogen-bond acceptors (Lipinski definition) is 2. The van der Waals surface area contributed by atoms with E-state index in [1.54, 1.807) is 23.8 Å². The highest BCUT2D eigenvalue weighted by molar-refractivity contribution is 5.81. The number of pyridine rings is 1. The normalized spacial score (nSPS) is 10.8. The van der Waals surface area contributed by atoms with Crippen molar-refractivity contribution in [2.24, 2.45) is 0 Å². The molecule has 0 aliphatic carbocycles. The van der Waals surface area contributed by atoms with E-state index in [4.69, 9.17) is 4.74 Å². The van der Waals surface area contributed by atoms with E-state index in [-0.39, 0.29) is 5.56 Å². The highest BCUT2D eigenvalue weighted by Crippen LogP contribution is 2.21. The molecule has 3 rings (SSSR count). The predicted molar refractivity (Wildman–Crippen MR) is 79.2 cm³/mol. The molecular weight excluding hydrogens is 252 g/mol. The van der Waals surface area contributed by atoms with E-state index in [2.05, 4.69) is 10.6 Å². The molecule has 0 bridgehead atoms. The molecule has 0 aliphatic rings. The standard InChI is InChI=1S/C16H16N2O2/c1-20-14-5-6-15-13(12-14)7-9-17(15)10-11-18-8-3-2-4-16(18)19/h2-9,12H,10-11H2,1H3. The molecule has 0 amide bonds. The van der Waals surface area contributed by atoms with Crippen LogP contribution in [-0.2, 0) is 13.1 Å². The van der Waals surface area contributed by atoms with E-state index < -0.39 is 0 Å². The average Bonchev–Trinajstić information content (AvgIpc) is 2.88. The molecule has 4 nitrogen and oxygen atoms in total. The Morgan fingerprint density at radius 1 is 1.00 bits per heavy atom. The SMILES string of the molecule is COc1ccc2c(ccn2CCn2ccccc2=O)c1. The van der Waals surface area contributed by atoms with Crippen LogP contribution in [0.25, 0.3) is 10.9 Å². The average molecular weight is 268 g/mol. The minimum Gasteiger partial charge on any atom is -0.497 e. The van der Waals surface area contributed by atoms with Gasteiger partial charge < -0.3 is 13.9 Å². The molecule has 3 aromatic rings. The first-order valence-corrected chi connectivity index (χ1v) is 6.56. The van der Waals surface area contributed by atoms with E-state index >= 15 is 0 Å². The van der Waals surface area contributed by atoms with E-state index in [0.717, 1.165) is 23.2 Å². The largest absolute Gasteiger partial charge is 0.497 e. The van der Waals surface area contributed by atoms with Gasteiger partial charge in [0.25, 0.3) is 5.56 Å². The van der Waals surface area contributed by atoms with Crippen molar-refractivity contribution in [2.75, 3.05) is 7.11 Å². The maximum absolute atomic E-state index is 11.7. The third kappa shape index (κ3) is 2.32. The molecule has 2 aromatic heterocycles. The Morgan fingerprint density at radius 2 is 1.85 bits per heavy atom. The van der Waals surface area contributed by atoms with Gasteiger partial charge in [-0.2, -0.15) is 0 Å². The van der Waals surface area contributed by atoms with Gasteiger partial charge in [-0.05, 0) is 30.3 Å². The quantitative estimate of drug-likeness (QED) is 0.729. The first-order valence-electron chi connectivity index (χ1n) is 6.56. The monoisotopic (exact) mass is 268 g/mol. The van der Waals surface area contributed by atoms with Crippen LogP contribution in [0.2, 0.25) is 0 Å². The second-order valence-corrected chi connectivity index (χ2v) is 4.67. The topological polar surface area (TPSA) is 36.2 Å². The number of fused-ring (bicyclic) bond motifs is 1. The molecule has 4 heteroatoms. The van der Waals surface area contributed by atoms with Crippen molar-refractivity contribution in [3.63, 3.8) is 0 Å². The Balaban J connectivity index is 1.85. The Labute approximate surface area is 116 Å². The fourth-order valence-corrected chi connectivity index (χ4v) is 2.36. The summed E-state index contributed by atoms with van der Waals surface area (Å²) in [5, 5.41) is 1.14. The van der Waals surface area contributed by atoms with Crippen LogP contribution in [0.5, 0.6) is 5.75 Å². The van der Waals surface area contributed by atoms with Gasteiger partial charge in [0.05, 0.1) is 7.11 Å². The number of hydrogen-bond donors (Lipinski definition) is 0. The number of methoxy groups -OCH3 is 1. The van der Waals surface area contributed by atoms with Gasteiger partial charge in [0.2, 0.25) is 0 Å². The first-order chi connectivity index (χ1) is 9.78. The second-order valence-electron chi connectivity index (χ2n) is 4.67. The number of aryl methyl sites for hydroxylation is 2. The molecule has 0 unspecified atom stereocenters. The lowest BCUT2D eigenvalue weighted by Gasteiger charge is -2.08. The van der Waals surface area contributed by atoms with Gasteiger partial charge in [0, 0.05) is 42.5 Å². The minimum atomic E-state index is 0.0330. The van der Waals surface area contributed by atoms with Gasteiger partial charge in [-0.15, -0.1) is 0 Å². The summed E-state index contributed by atoms with van der Waals surface area (Å²) >= 11 is 0.